The van der Waals surface area contributed by atoms with Crippen LogP contribution in [0.3, 0.4) is 0 Å². The van der Waals surface area contributed by atoms with Gasteiger partial charge in [-0.25, -0.2) is 0 Å². The van der Waals surface area contributed by atoms with Gasteiger partial charge in [-0.1, -0.05) is 42.0 Å². The fraction of sp³-hybridized carbons (Fsp3) is 0.346. The lowest BCUT2D eigenvalue weighted by Gasteiger charge is -2.26. The van der Waals surface area contributed by atoms with Gasteiger partial charge < -0.3 is 19.4 Å². The fourth-order valence-corrected chi connectivity index (χ4v) is 4.10. The first-order valence-corrected chi connectivity index (χ1v) is 11.2. The maximum Gasteiger partial charge on any atom is 0.268 e. The molecule has 0 aliphatic carbocycles. The third kappa shape index (κ3) is 5.21. The van der Waals surface area contributed by atoms with Gasteiger partial charge >= 0.3 is 0 Å². The predicted molar refractivity (Wildman–Crippen MR) is 127 cm³/mol. The molecule has 0 bridgehead atoms. The number of aromatic nitrogens is 1. The second kappa shape index (κ2) is 10.5. The Hall–Kier alpha value is -3.09. The summed E-state index contributed by atoms with van der Waals surface area (Å²) in [4.78, 5) is 15.3. The van der Waals surface area contributed by atoms with E-state index in [1.54, 1.807) is 0 Å². The molecule has 1 amide bonds. The van der Waals surface area contributed by atoms with E-state index < -0.39 is 0 Å². The number of ether oxygens (including phenoxy) is 2. The molecular formula is C26H31N3O3. The Balaban J connectivity index is 1.51. The van der Waals surface area contributed by atoms with Crippen molar-refractivity contribution < 1.29 is 14.3 Å². The lowest BCUT2D eigenvalue weighted by atomic mass is 10.1. The average molecular weight is 434 g/mol. The monoisotopic (exact) mass is 433 g/mol. The molecule has 0 spiro atoms. The van der Waals surface area contributed by atoms with Crippen molar-refractivity contribution in [2.24, 2.45) is 0 Å². The molecule has 32 heavy (non-hydrogen) atoms. The van der Waals surface area contributed by atoms with Crippen LogP contribution in [-0.4, -0.2) is 54.8 Å². The molecule has 2 heterocycles. The second-order valence-corrected chi connectivity index (χ2v) is 8.11. The van der Waals surface area contributed by atoms with Crippen molar-refractivity contribution in [2.75, 3.05) is 39.4 Å². The minimum Gasteiger partial charge on any atom is -0.488 e. The Morgan fingerprint density at radius 2 is 2.00 bits per heavy atom. The van der Waals surface area contributed by atoms with Gasteiger partial charge in [-0.3, -0.25) is 9.69 Å². The van der Waals surface area contributed by atoms with E-state index in [1.165, 1.54) is 5.56 Å². The van der Waals surface area contributed by atoms with Crippen LogP contribution in [0.15, 0.2) is 61.2 Å². The highest BCUT2D eigenvalue weighted by Gasteiger charge is 2.18. The minimum absolute atomic E-state index is 0.0825. The SMILES string of the molecule is C=CCn1c(C(=O)NCCN2CCOCC2)cc2c(OCc3cccc(C)c3)cccc21. The highest BCUT2D eigenvalue weighted by molar-refractivity contribution is 6.00. The van der Waals surface area contributed by atoms with Gasteiger partial charge in [0.1, 0.15) is 18.1 Å². The van der Waals surface area contributed by atoms with Crippen LogP contribution in [0.5, 0.6) is 5.75 Å². The number of carbonyl (C=O) groups is 1. The number of carbonyl (C=O) groups excluding carboxylic acids is 1. The van der Waals surface area contributed by atoms with Gasteiger partial charge in [0.2, 0.25) is 0 Å². The Morgan fingerprint density at radius 3 is 2.78 bits per heavy atom. The summed E-state index contributed by atoms with van der Waals surface area (Å²) in [5.74, 6) is 0.690. The number of fused-ring (bicyclic) bond motifs is 1. The molecule has 0 unspecified atom stereocenters. The van der Waals surface area contributed by atoms with E-state index >= 15 is 0 Å². The van der Waals surface area contributed by atoms with Crippen LogP contribution >= 0.6 is 0 Å². The maximum absolute atomic E-state index is 13.0. The number of nitrogens with zero attached hydrogens (tertiary/aromatic N) is 2. The molecule has 1 fully saturated rings. The van der Waals surface area contributed by atoms with Gasteiger partial charge in [0.15, 0.2) is 0 Å². The van der Waals surface area contributed by atoms with Crippen LogP contribution in [0.25, 0.3) is 10.9 Å². The molecule has 1 N–H and O–H groups in total. The largest absolute Gasteiger partial charge is 0.488 e. The topological polar surface area (TPSA) is 55.7 Å². The number of rotatable bonds is 9. The van der Waals surface area contributed by atoms with Crippen LogP contribution in [0, 0.1) is 6.92 Å². The van der Waals surface area contributed by atoms with E-state index in [9.17, 15) is 4.79 Å². The molecule has 0 atom stereocenters. The summed E-state index contributed by atoms with van der Waals surface area (Å²) in [6.07, 6.45) is 1.81. The van der Waals surface area contributed by atoms with Crippen molar-refractivity contribution >= 4 is 16.8 Å². The number of amides is 1. The molecule has 0 radical (unpaired) electrons. The van der Waals surface area contributed by atoms with Crippen LogP contribution in [0.1, 0.15) is 21.6 Å². The number of morpholine rings is 1. The summed E-state index contributed by atoms with van der Waals surface area (Å²) in [6.45, 7) is 11.7. The Morgan fingerprint density at radius 1 is 1.19 bits per heavy atom. The van der Waals surface area contributed by atoms with Gasteiger partial charge in [0.05, 0.1) is 18.7 Å². The van der Waals surface area contributed by atoms with E-state index in [0.29, 0.717) is 25.4 Å². The van der Waals surface area contributed by atoms with E-state index in [1.807, 2.05) is 41.0 Å². The van der Waals surface area contributed by atoms with Crippen molar-refractivity contribution in [1.82, 2.24) is 14.8 Å². The van der Waals surface area contributed by atoms with Gasteiger partial charge in [-0.05, 0) is 30.7 Å². The first-order chi connectivity index (χ1) is 15.7. The molecule has 6 heteroatoms. The molecule has 0 saturated carbocycles. The highest BCUT2D eigenvalue weighted by Crippen LogP contribution is 2.30. The summed E-state index contributed by atoms with van der Waals surface area (Å²) < 4.78 is 13.5. The molecule has 1 aliphatic heterocycles. The highest BCUT2D eigenvalue weighted by atomic mass is 16.5. The van der Waals surface area contributed by atoms with Crippen molar-refractivity contribution in [3.05, 3.63) is 78.0 Å². The van der Waals surface area contributed by atoms with Gasteiger partial charge in [-0.2, -0.15) is 0 Å². The maximum atomic E-state index is 13.0. The van der Waals surface area contributed by atoms with E-state index in [-0.39, 0.29) is 5.91 Å². The molecule has 6 nitrogen and oxygen atoms in total. The lowest BCUT2D eigenvalue weighted by Crippen LogP contribution is -2.41. The molecule has 2 aromatic carbocycles. The lowest BCUT2D eigenvalue weighted by molar-refractivity contribution is 0.0383. The Kier molecular flexibility index (Phi) is 7.24. The van der Waals surface area contributed by atoms with Gasteiger partial charge in [0, 0.05) is 38.1 Å². The molecule has 4 rings (SSSR count). The second-order valence-electron chi connectivity index (χ2n) is 8.11. The number of nitrogens with one attached hydrogen (secondary N) is 1. The third-order valence-corrected chi connectivity index (χ3v) is 5.74. The normalized spacial score (nSPS) is 14.4. The minimum atomic E-state index is -0.0825. The number of aryl methyl sites for hydroxylation is 1. The summed E-state index contributed by atoms with van der Waals surface area (Å²) in [6, 6.07) is 16.2. The fourth-order valence-electron chi connectivity index (χ4n) is 4.10. The zero-order valence-electron chi connectivity index (χ0n) is 18.7. The van der Waals surface area contributed by atoms with Crippen LogP contribution in [-0.2, 0) is 17.9 Å². The van der Waals surface area contributed by atoms with Crippen molar-refractivity contribution in [2.45, 2.75) is 20.1 Å². The average Bonchev–Trinajstić information content (AvgIpc) is 3.18. The summed E-state index contributed by atoms with van der Waals surface area (Å²) in [5, 5.41) is 4.00. The third-order valence-electron chi connectivity index (χ3n) is 5.74. The molecular weight excluding hydrogens is 402 g/mol. The van der Waals surface area contributed by atoms with Crippen LogP contribution < -0.4 is 10.1 Å². The van der Waals surface area contributed by atoms with Crippen molar-refractivity contribution in [3.63, 3.8) is 0 Å². The quantitative estimate of drug-likeness (QED) is 0.522. The zero-order chi connectivity index (χ0) is 22.3. The first-order valence-electron chi connectivity index (χ1n) is 11.2. The van der Waals surface area contributed by atoms with E-state index in [2.05, 4.69) is 41.9 Å². The molecule has 1 aromatic heterocycles. The standard InChI is InChI=1S/C26H31N3O3/c1-3-11-29-23-8-5-9-25(32-19-21-7-4-6-20(2)17-21)22(23)18-24(29)26(30)27-10-12-28-13-15-31-16-14-28/h3-9,17-18H,1,10-16,19H2,2H3,(H,27,30). The number of hydrogen-bond donors (Lipinski definition) is 1. The van der Waals surface area contributed by atoms with Crippen LogP contribution in [0.4, 0.5) is 0 Å². The smallest absolute Gasteiger partial charge is 0.268 e. The van der Waals surface area contributed by atoms with Crippen molar-refractivity contribution in [3.8, 4) is 5.75 Å². The van der Waals surface area contributed by atoms with Gasteiger partial charge in [-0.15, -0.1) is 6.58 Å². The Labute approximate surface area is 189 Å². The van der Waals surface area contributed by atoms with Crippen molar-refractivity contribution in [1.29, 1.82) is 0 Å². The number of hydrogen-bond acceptors (Lipinski definition) is 4. The summed E-state index contributed by atoms with van der Waals surface area (Å²) in [5.41, 5.74) is 3.91. The summed E-state index contributed by atoms with van der Waals surface area (Å²) >= 11 is 0. The first kappa shape index (κ1) is 22.1. The molecule has 1 aliphatic rings. The van der Waals surface area contributed by atoms with Gasteiger partial charge in [0.25, 0.3) is 5.91 Å². The Bertz CT molecular complexity index is 1080. The molecule has 1 saturated heterocycles. The number of allylic oxidation sites excluding steroid dienone is 1. The van der Waals surface area contributed by atoms with E-state index in [4.69, 9.17) is 9.47 Å². The summed E-state index contributed by atoms with van der Waals surface area (Å²) in [7, 11) is 0. The predicted octanol–water partition coefficient (Wildman–Crippen LogP) is 3.78. The molecule has 3 aromatic rings. The van der Waals surface area contributed by atoms with E-state index in [0.717, 1.165) is 55.1 Å². The van der Waals surface area contributed by atoms with Crippen LogP contribution in [0.2, 0.25) is 0 Å². The molecule has 168 valence electrons. The number of benzene rings is 2. The zero-order valence-corrected chi connectivity index (χ0v) is 18.7.